The molecule has 0 aromatic carbocycles. The van der Waals surface area contributed by atoms with E-state index in [9.17, 15) is 28.5 Å². The van der Waals surface area contributed by atoms with E-state index in [2.05, 4.69) is 20.5 Å². The van der Waals surface area contributed by atoms with Gasteiger partial charge in [-0.25, -0.2) is 13.8 Å². The number of nitrogens with two attached hydrogens (primary N) is 1. The number of thiophene rings is 1. The average molecular weight is 533 g/mol. The van der Waals surface area contributed by atoms with Gasteiger partial charge in [-0.05, 0) is 32.4 Å². The molecule has 0 saturated heterocycles. The fourth-order valence-electron chi connectivity index (χ4n) is 3.98. The monoisotopic (exact) mass is 532 g/mol. The summed E-state index contributed by atoms with van der Waals surface area (Å²) in [5.74, 6) is -1.40. The zero-order chi connectivity index (χ0) is 27.0. The summed E-state index contributed by atoms with van der Waals surface area (Å²) >= 11 is 0.802. The Balaban J connectivity index is 1.76. The normalized spacial score (nSPS) is 11.4. The molecule has 0 radical (unpaired) electrons. The molecule has 0 aliphatic rings. The van der Waals surface area contributed by atoms with Crippen molar-refractivity contribution in [1.29, 1.82) is 0 Å². The highest BCUT2D eigenvalue weighted by atomic mass is 32.1. The number of nitro groups is 1. The van der Waals surface area contributed by atoms with E-state index in [1.54, 1.807) is 11.6 Å². The van der Waals surface area contributed by atoms with Gasteiger partial charge in [0, 0.05) is 36.2 Å². The standard InChI is InChI=1S/C22H22F2N8O4S/c1-4-31-11(3)13(8-26-31)12-7-14(20(23)24)27-22-17(12)18(19(37-22)21(25)34)28-16(33)5-6-30-9-15(32(35)36)10(2)29-30/h7-9,20H,4-6H2,1-3H3,(H2,25,34)(H,28,33). The van der Waals surface area contributed by atoms with Crippen LogP contribution in [0.1, 0.15) is 46.5 Å². The minimum Gasteiger partial charge on any atom is -0.365 e. The number of fused-ring (bicyclic) bond motifs is 1. The van der Waals surface area contributed by atoms with E-state index in [4.69, 9.17) is 5.73 Å². The number of rotatable bonds is 9. The highest BCUT2D eigenvalue weighted by Crippen LogP contribution is 2.43. The quantitative estimate of drug-likeness (QED) is 0.243. The molecule has 3 N–H and O–H groups in total. The van der Waals surface area contributed by atoms with Gasteiger partial charge in [0.1, 0.15) is 27.3 Å². The molecule has 4 aromatic rings. The number of anilines is 1. The maximum Gasteiger partial charge on any atom is 0.309 e. The number of halogens is 2. The van der Waals surface area contributed by atoms with Crippen LogP contribution in [0.2, 0.25) is 0 Å². The van der Waals surface area contributed by atoms with Crippen molar-refractivity contribution in [3.8, 4) is 11.1 Å². The summed E-state index contributed by atoms with van der Waals surface area (Å²) in [5, 5.41) is 22.3. The van der Waals surface area contributed by atoms with Crippen molar-refractivity contribution in [1.82, 2.24) is 24.5 Å². The van der Waals surface area contributed by atoms with Gasteiger partial charge in [-0.2, -0.15) is 10.2 Å². The van der Waals surface area contributed by atoms with Gasteiger partial charge in [0.05, 0.1) is 16.8 Å². The Morgan fingerprint density at radius 2 is 2.03 bits per heavy atom. The molecule has 4 heterocycles. The summed E-state index contributed by atoms with van der Waals surface area (Å²) in [6.45, 7) is 5.72. The Kier molecular flexibility index (Phi) is 6.98. The number of pyridine rings is 1. The van der Waals surface area contributed by atoms with Crippen molar-refractivity contribution in [2.24, 2.45) is 5.73 Å². The van der Waals surface area contributed by atoms with Gasteiger partial charge in [0.15, 0.2) is 0 Å². The van der Waals surface area contributed by atoms with E-state index in [-0.39, 0.29) is 39.7 Å². The highest BCUT2D eigenvalue weighted by molar-refractivity contribution is 7.21. The van der Waals surface area contributed by atoms with Crippen LogP contribution in [0, 0.1) is 24.0 Å². The Hall–Kier alpha value is -4.27. The summed E-state index contributed by atoms with van der Waals surface area (Å²) in [5.41, 5.74) is 6.74. The first-order valence-electron chi connectivity index (χ1n) is 11.1. The average Bonchev–Trinajstić information content (AvgIpc) is 3.51. The minimum atomic E-state index is -2.87. The second-order valence-corrected chi connectivity index (χ2v) is 9.12. The molecule has 37 heavy (non-hydrogen) atoms. The lowest BCUT2D eigenvalue weighted by Crippen LogP contribution is -2.18. The molecule has 0 aliphatic carbocycles. The van der Waals surface area contributed by atoms with E-state index >= 15 is 0 Å². The third kappa shape index (κ3) is 4.89. The number of carbonyl (C=O) groups is 2. The van der Waals surface area contributed by atoms with Crippen molar-refractivity contribution in [3.63, 3.8) is 0 Å². The van der Waals surface area contributed by atoms with Crippen LogP contribution in [0.4, 0.5) is 20.2 Å². The molecular weight excluding hydrogens is 510 g/mol. The third-order valence-electron chi connectivity index (χ3n) is 5.77. The van der Waals surface area contributed by atoms with Gasteiger partial charge in [-0.3, -0.25) is 29.1 Å². The van der Waals surface area contributed by atoms with Crippen LogP contribution in [0.25, 0.3) is 21.3 Å². The van der Waals surface area contributed by atoms with Gasteiger partial charge in [-0.15, -0.1) is 11.3 Å². The van der Waals surface area contributed by atoms with Crippen molar-refractivity contribution >= 4 is 44.7 Å². The summed E-state index contributed by atoms with van der Waals surface area (Å²) in [7, 11) is 0. The summed E-state index contributed by atoms with van der Waals surface area (Å²) < 4.78 is 30.3. The number of carbonyl (C=O) groups excluding carboxylic acids is 2. The SMILES string of the molecule is CCn1ncc(-c2cc(C(F)F)nc3sc(C(N)=O)c(NC(=O)CCn4cc([N+](=O)[O-])c(C)n4)c23)c1C. The van der Waals surface area contributed by atoms with Crippen molar-refractivity contribution in [2.75, 3.05) is 5.32 Å². The molecule has 4 aromatic heterocycles. The van der Waals surface area contributed by atoms with Gasteiger partial charge in [0.25, 0.3) is 12.3 Å². The van der Waals surface area contributed by atoms with E-state index in [1.807, 2.05) is 6.92 Å². The number of aryl methyl sites for hydroxylation is 3. The molecule has 0 bridgehead atoms. The van der Waals surface area contributed by atoms with E-state index < -0.39 is 28.9 Å². The third-order valence-corrected chi connectivity index (χ3v) is 6.87. The van der Waals surface area contributed by atoms with E-state index in [0.29, 0.717) is 28.8 Å². The van der Waals surface area contributed by atoms with Crippen molar-refractivity contribution < 1.29 is 23.3 Å². The number of aromatic nitrogens is 5. The highest BCUT2D eigenvalue weighted by Gasteiger charge is 2.26. The number of alkyl halides is 2. The number of nitrogens with one attached hydrogen (secondary N) is 1. The first kappa shape index (κ1) is 25.8. The van der Waals surface area contributed by atoms with E-state index in [0.717, 1.165) is 11.3 Å². The van der Waals surface area contributed by atoms with Crippen LogP contribution in [0.15, 0.2) is 18.5 Å². The summed E-state index contributed by atoms with van der Waals surface area (Å²) in [6.07, 6.45) is -0.260. The second-order valence-electron chi connectivity index (χ2n) is 8.12. The van der Waals surface area contributed by atoms with Gasteiger partial charge >= 0.3 is 5.69 Å². The van der Waals surface area contributed by atoms with Crippen molar-refractivity contribution in [3.05, 3.63) is 50.5 Å². The maximum absolute atomic E-state index is 13.7. The molecule has 0 aliphatic heterocycles. The van der Waals surface area contributed by atoms with Crippen LogP contribution in [-0.2, 0) is 17.9 Å². The molecular formula is C22H22F2N8O4S. The molecule has 2 amide bonds. The largest absolute Gasteiger partial charge is 0.365 e. The van der Waals surface area contributed by atoms with Gasteiger partial charge in [-0.1, -0.05) is 0 Å². The lowest BCUT2D eigenvalue weighted by Gasteiger charge is -2.11. The second kappa shape index (κ2) is 10.0. The zero-order valence-electron chi connectivity index (χ0n) is 20.0. The molecule has 0 unspecified atom stereocenters. The van der Waals surface area contributed by atoms with Crippen LogP contribution < -0.4 is 11.1 Å². The minimum absolute atomic E-state index is 0.0253. The number of nitrogens with zero attached hydrogens (tertiary/aromatic N) is 6. The Labute approximate surface area is 212 Å². The van der Waals surface area contributed by atoms with Gasteiger partial charge in [0.2, 0.25) is 5.91 Å². The van der Waals surface area contributed by atoms with E-state index in [1.165, 1.54) is 30.1 Å². The maximum atomic E-state index is 13.7. The van der Waals surface area contributed by atoms with Crippen LogP contribution >= 0.6 is 11.3 Å². The van der Waals surface area contributed by atoms with Crippen molar-refractivity contribution in [2.45, 2.75) is 46.7 Å². The first-order valence-corrected chi connectivity index (χ1v) is 11.9. The summed E-state index contributed by atoms with van der Waals surface area (Å²) in [6, 6.07) is 1.22. The number of hydrogen-bond donors (Lipinski definition) is 2. The summed E-state index contributed by atoms with van der Waals surface area (Å²) in [4.78, 5) is 39.7. The zero-order valence-corrected chi connectivity index (χ0v) is 20.8. The van der Waals surface area contributed by atoms with Gasteiger partial charge < -0.3 is 11.1 Å². The molecule has 0 spiro atoms. The van der Waals surface area contributed by atoms with Crippen LogP contribution in [0.5, 0.6) is 0 Å². The predicted octanol–water partition coefficient (Wildman–Crippen LogP) is 3.97. The number of primary amides is 1. The topological polar surface area (TPSA) is 164 Å². The fraction of sp³-hybridized carbons (Fsp3) is 0.318. The predicted molar refractivity (Wildman–Crippen MR) is 132 cm³/mol. The Morgan fingerprint density at radius 3 is 2.59 bits per heavy atom. The molecule has 12 nitrogen and oxygen atoms in total. The van der Waals surface area contributed by atoms with Crippen LogP contribution in [0.3, 0.4) is 0 Å². The number of hydrogen-bond acceptors (Lipinski definition) is 8. The fourth-order valence-corrected chi connectivity index (χ4v) is 5.00. The number of amides is 2. The van der Waals surface area contributed by atoms with Crippen LogP contribution in [-0.4, -0.2) is 41.3 Å². The Morgan fingerprint density at radius 1 is 1.30 bits per heavy atom. The lowest BCUT2D eigenvalue weighted by molar-refractivity contribution is -0.385. The molecule has 0 atom stereocenters. The molecule has 0 fully saturated rings. The molecule has 15 heteroatoms. The Bertz CT molecular complexity index is 1540. The molecule has 194 valence electrons. The smallest absolute Gasteiger partial charge is 0.309 e. The molecule has 4 rings (SSSR count). The first-order chi connectivity index (χ1) is 17.5. The lowest BCUT2D eigenvalue weighted by atomic mass is 10.0. The molecule has 0 saturated carbocycles.